The minimum Gasteiger partial charge on any atom is -0.393 e. The molecular weight excluding hydrogens is 284 g/mol. The Labute approximate surface area is 127 Å². The predicted octanol–water partition coefficient (Wildman–Crippen LogP) is 1.31. The zero-order valence-electron chi connectivity index (χ0n) is 11.7. The lowest BCUT2D eigenvalue weighted by atomic mass is 9.83. The fourth-order valence-electron chi connectivity index (χ4n) is 2.28. The van der Waals surface area contributed by atoms with Crippen molar-refractivity contribution >= 4 is 12.5 Å². The van der Waals surface area contributed by atoms with Crippen LogP contribution in [0.2, 0.25) is 0 Å². The third-order valence-electron chi connectivity index (χ3n) is 3.30. The van der Waals surface area contributed by atoms with E-state index < -0.39 is 11.6 Å². The molecule has 6 nitrogen and oxygen atoms in total. The number of hydrogen-bond donors (Lipinski definition) is 3. The van der Waals surface area contributed by atoms with Gasteiger partial charge in [-0.3, -0.25) is 4.79 Å². The van der Waals surface area contributed by atoms with Gasteiger partial charge in [-0.15, -0.1) is 0 Å². The molecule has 0 spiro atoms. The lowest BCUT2D eigenvalue weighted by Crippen LogP contribution is -2.53. The first-order chi connectivity index (χ1) is 10.7. The molecule has 0 heterocycles. The number of nitrogens with one attached hydrogen (secondary N) is 2. The molecule has 0 unspecified atom stereocenters. The maximum atomic E-state index is 11.9. The van der Waals surface area contributed by atoms with Gasteiger partial charge >= 0.3 is 12.5 Å². The van der Waals surface area contributed by atoms with Crippen LogP contribution in [0, 0.1) is 0 Å². The van der Waals surface area contributed by atoms with Crippen LogP contribution < -0.4 is 10.8 Å². The summed E-state index contributed by atoms with van der Waals surface area (Å²) in [5.74, 6) is 0. The smallest absolute Gasteiger partial charge is 0.349 e. The van der Waals surface area contributed by atoms with E-state index in [0.717, 1.165) is 0 Å². The number of hydroxylamine groups is 1. The van der Waals surface area contributed by atoms with E-state index in [1.165, 1.54) is 0 Å². The Kier molecular flexibility index (Phi) is 5.11. The molecular formula is C16H16N2O4. The standard InChI is InChI=1S/C16H16N2O4/c19-11-16(13-7-3-1-4-8-13,14-9-5-2-6-10-14)17-15(21)18-22-12-20/h1-10,12,19H,11H2,(H2,17,18,21). The van der Waals surface area contributed by atoms with Crippen LogP contribution in [0.25, 0.3) is 0 Å². The minimum atomic E-state index is -1.15. The first-order valence-corrected chi connectivity index (χ1v) is 6.62. The van der Waals surface area contributed by atoms with E-state index in [2.05, 4.69) is 10.2 Å². The molecule has 0 saturated heterocycles. The van der Waals surface area contributed by atoms with Gasteiger partial charge in [-0.1, -0.05) is 60.7 Å². The Bertz CT molecular complexity index is 577. The first kappa shape index (κ1) is 15.5. The summed E-state index contributed by atoms with van der Waals surface area (Å²) in [6, 6.07) is 17.4. The SMILES string of the molecule is O=CONC(=O)NC(CO)(c1ccccc1)c1ccccc1. The van der Waals surface area contributed by atoms with E-state index >= 15 is 0 Å². The van der Waals surface area contributed by atoms with Gasteiger partial charge in [0.2, 0.25) is 0 Å². The van der Waals surface area contributed by atoms with Gasteiger partial charge in [-0.2, -0.15) is 5.48 Å². The van der Waals surface area contributed by atoms with E-state index in [9.17, 15) is 14.7 Å². The van der Waals surface area contributed by atoms with Crippen molar-refractivity contribution in [2.24, 2.45) is 0 Å². The molecule has 0 radical (unpaired) electrons. The lowest BCUT2D eigenvalue weighted by Gasteiger charge is -2.34. The molecule has 114 valence electrons. The Balaban J connectivity index is 2.43. The number of aliphatic hydroxyl groups is 1. The molecule has 2 amide bonds. The molecule has 2 rings (SSSR count). The number of urea groups is 1. The highest BCUT2D eigenvalue weighted by Crippen LogP contribution is 2.29. The zero-order valence-corrected chi connectivity index (χ0v) is 11.7. The summed E-state index contributed by atoms with van der Waals surface area (Å²) in [6.45, 7) is -0.263. The number of aliphatic hydroxyl groups excluding tert-OH is 1. The largest absolute Gasteiger partial charge is 0.393 e. The van der Waals surface area contributed by atoms with Gasteiger partial charge in [0, 0.05) is 0 Å². The van der Waals surface area contributed by atoms with Gasteiger partial charge in [0.05, 0.1) is 6.61 Å². The molecule has 2 aromatic carbocycles. The van der Waals surface area contributed by atoms with Crippen molar-refractivity contribution in [3.8, 4) is 0 Å². The fourth-order valence-corrected chi connectivity index (χ4v) is 2.28. The van der Waals surface area contributed by atoms with E-state index in [1.54, 1.807) is 24.3 Å². The molecule has 0 aliphatic heterocycles. The van der Waals surface area contributed by atoms with Crippen LogP contribution in [0.15, 0.2) is 60.7 Å². The summed E-state index contributed by atoms with van der Waals surface area (Å²) in [5, 5.41) is 12.7. The third-order valence-corrected chi connectivity index (χ3v) is 3.30. The highest BCUT2D eigenvalue weighted by molar-refractivity contribution is 5.75. The quantitative estimate of drug-likeness (QED) is 0.554. The first-order valence-electron chi connectivity index (χ1n) is 6.62. The van der Waals surface area contributed by atoms with Crippen LogP contribution in [0.4, 0.5) is 4.79 Å². The van der Waals surface area contributed by atoms with Gasteiger partial charge in [0.15, 0.2) is 0 Å². The summed E-state index contributed by atoms with van der Waals surface area (Å²) in [5.41, 5.74) is 2.18. The highest BCUT2D eigenvalue weighted by Gasteiger charge is 2.35. The Morgan fingerprint density at radius 2 is 1.55 bits per heavy atom. The predicted molar refractivity (Wildman–Crippen MR) is 79.6 cm³/mol. The lowest BCUT2D eigenvalue weighted by molar-refractivity contribution is -0.133. The van der Waals surface area contributed by atoms with Crippen molar-refractivity contribution in [1.82, 2.24) is 10.8 Å². The van der Waals surface area contributed by atoms with Crippen LogP contribution in [-0.2, 0) is 15.2 Å². The molecule has 6 heteroatoms. The highest BCUT2D eigenvalue weighted by atomic mass is 16.7. The molecule has 0 saturated carbocycles. The Morgan fingerprint density at radius 1 is 1.05 bits per heavy atom. The number of rotatable bonds is 6. The summed E-state index contributed by atoms with van der Waals surface area (Å²) in [4.78, 5) is 26.3. The maximum absolute atomic E-state index is 11.9. The zero-order chi connectivity index (χ0) is 15.8. The molecule has 0 aliphatic rings. The van der Waals surface area contributed by atoms with Crippen LogP contribution >= 0.6 is 0 Å². The Morgan fingerprint density at radius 3 is 1.95 bits per heavy atom. The number of hydrogen-bond acceptors (Lipinski definition) is 4. The maximum Gasteiger partial charge on any atom is 0.349 e. The molecule has 0 fully saturated rings. The van der Waals surface area contributed by atoms with Crippen LogP contribution in [0.3, 0.4) is 0 Å². The molecule has 0 aromatic heterocycles. The normalized spacial score (nSPS) is 10.6. The van der Waals surface area contributed by atoms with Crippen LogP contribution in [-0.4, -0.2) is 24.2 Å². The average Bonchev–Trinajstić information content (AvgIpc) is 2.59. The van der Waals surface area contributed by atoms with Crippen molar-refractivity contribution in [3.63, 3.8) is 0 Å². The molecule has 0 bridgehead atoms. The summed E-state index contributed by atoms with van der Waals surface area (Å²) < 4.78 is 0. The van der Waals surface area contributed by atoms with E-state index in [-0.39, 0.29) is 13.1 Å². The van der Waals surface area contributed by atoms with E-state index in [1.807, 2.05) is 41.9 Å². The number of carbonyl (C=O) groups excluding carboxylic acids is 2. The topological polar surface area (TPSA) is 87.7 Å². The van der Waals surface area contributed by atoms with Crippen LogP contribution in [0.1, 0.15) is 11.1 Å². The average molecular weight is 300 g/mol. The number of benzene rings is 2. The Hall–Kier alpha value is -2.86. The second kappa shape index (κ2) is 7.24. The van der Waals surface area contributed by atoms with Crippen molar-refractivity contribution in [3.05, 3.63) is 71.8 Å². The van der Waals surface area contributed by atoms with Gasteiger partial charge in [-0.05, 0) is 11.1 Å². The van der Waals surface area contributed by atoms with Gasteiger partial charge in [0.1, 0.15) is 5.54 Å². The fraction of sp³-hybridized carbons (Fsp3) is 0.125. The van der Waals surface area contributed by atoms with Gasteiger partial charge in [-0.25, -0.2) is 4.79 Å². The van der Waals surface area contributed by atoms with Crippen molar-refractivity contribution in [1.29, 1.82) is 0 Å². The number of carbonyl (C=O) groups is 2. The van der Waals surface area contributed by atoms with E-state index in [0.29, 0.717) is 11.1 Å². The minimum absolute atomic E-state index is 0.102. The molecule has 0 aliphatic carbocycles. The van der Waals surface area contributed by atoms with Crippen LogP contribution in [0.5, 0.6) is 0 Å². The molecule has 22 heavy (non-hydrogen) atoms. The van der Waals surface area contributed by atoms with Gasteiger partial charge in [0.25, 0.3) is 0 Å². The molecule has 0 atom stereocenters. The van der Waals surface area contributed by atoms with Crippen molar-refractivity contribution in [2.75, 3.05) is 6.61 Å². The van der Waals surface area contributed by atoms with Crippen molar-refractivity contribution < 1.29 is 19.5 Å². The van der Waals surface area contributed by atoms with E-state index in [4.69, 9.17) is 0 Å². The second-order valence-corrected chi connectivity index (χ2v) is 4.57. The third kappa shape index (κ3) is 3.24. The van der Waals surface area contributed by atoms with Gasteiger partial charge < -0.3 is 15.3 Å². The summed E-state index contributed by atoms with van der Waals surface area (Å²) in [6.07, 6.45) is 0. The molecule has 2 aromatic rings. The second-order valence-electron chi connectivity index (χ2n) is 4.57. The summed E-state index contributed by atoms with van der Waals surface area (Å²) in [7, 11) is 0. The summed E-state index contributed by atoms with van der Waals surface area (Å²) >= 11 is 0. The molecule has 3 N–H and O–H groups in total. The van der Waals surface area contributed by atoms with Crippen molar-refractivity contribution in [2.45, 2.75) is 5.54 Å². The monoisotopic (exact) mass is 300 g/mol. The number of amides is 2.